The molecule has 3 nitrogen and oxygen atoms in total. The van der Waals surface area contributed by atoms with Gasteiger partial charge in [-0.3, -0.25) is 14.0 Å². The SMILES string of the molecule is O=C1C=C2C=CCC(=O)C2N(Cl)c2cscc21. The first kappa shape index (κ1) is 10.7. The van der Waals surface area contributed by atoms with Crippen molar-refractivity contribution in [1.29, 1.82) is 0 Å². The van der Waals surface area contributed by atoms with Crippen molar-refractivity contribution in [3.63, 3.8) is 0 Å². The highest BCUT2D eigenvalue weighted by Crippen LogP contribution is 2.36. The fourth-order valence-corrected chi connectivity index (χ4v) is 3.32. The van der Waals surface area contributed by atoms with Crippen LogP contribution in [0.3, 0.4) is 0 Å². The average Bonchev–Trinajstić information content (AvgIpc) is 2.73. The zero-order valence-corrected chi connectivity index (χ0v) is 10.3. The summed E-state index contributed by atoms with van der Waals surface area (Å²) in [5.41, 5.74) is 1.86. The maximum Gasteiger partial charge on any atom is 0.189 e. The number of carbonyl (C=O) groups excluding carboxylic acids is 2. The number of Topliss-reactive ketones (excluding diaryl/α,β-unsaturated/α-hetero) is 1. The summed E-state index contributed by atoms with van der Waals surface area (Å²) in [4.78, 5) is 23.9. The van der Waals surface area contributed by atoms with Crippen LogP contribution in [0.5, 0.6) is 0 Å². The third kappa shape index (κ3) is 1.56. The first-order chi connectivity index (χ1) is 8.18. The molecule has 0 saturated heterocycles. The lowest BCUT2D eigenvalue weighted by Gasteiger charge is -2.26. The quantitative estimate of drug-likeness (QED) is 0.677. The Kier molecular flexibility index (Phi) is 2.42. The van der Waals surface area contributed by atoms with Crippen molar-refractivity contribution in [2.45, 2.75) is 12.5 Å². The molecule has 1 unspecified atom stereocenters. The number of allylic oxidation sites excluding steroid dienone is 2. The van der Waals surface area contributed by atoms with Gasteiger partial charge >= 0.3 is 0 Å². The molecule has 2 aliphatic rings. The molecule has 1 aliphatic carbocycles. The maximum absolute atomic E-state index is 12.0. The van der Waals surface area contributed by atoms with Gasteiger partial charge in [0.2, 0.25) is 0 Å². The molecule has 2 heterocycles. The number of hydrogen-bond acceptors (Lipinski definition) is 4. The molecule has 0 N–H and O–H groups in total. The van der Waals surface area contributed by atoms with Gasteiger partial charge in [0, 0.05) is 29.0 Å². The van der Waals surface area contributed by atoms with E-state index in [1.165, 1.54) is 21.8 Å². The predicted molar refractivity (Wildman–Crippen MR) is 67.6 cm³/mol. The molecule has 0 saturated carbocycles. The van der Waals surface area contributed by atoms with E-state index in [9.17, 15) is 9.59 Å². The summed E-state index contributed by atoms with van der Waals surface area (Å²) in [6, 6.07) is -0.540. The van der Waals surface area contributed by atoms with E-state index < -0.39 is 6.04 Å². The maximum atomic E-state index is 12.0. The number of rotatable bonds is 0. The number of halogens is 1. The third-order valence-electron chi connectivity index (χ3n) is 2.91. The van der Waals surface area contributed by atoms with Crippen molar-refractivity contribution in [2.75, 3.05) is 4.42 Å². The second-order valence-corrected chi connectivity index (χ2v) is 5.07. The van der Waals surface area contributed by atoms with Crippen LogP contribution in [0, 0.1) is 0 Å². The van der Waals surface area contributed by atoms with E-state index in [0.717, 1.165) is 0 Å². The Bertz CT molecular complexity index is 573. The van der Waals surface area contributed by atoms with E-state index in [4.69, 9.17) is 11.8 Å². The highest BCUT2D eigenvalue weighted by molar-refractivity contribution is 7.08. The molecule has 86 valence electrons. The number of ketones is 2. The zero-order chi connectivity index (χ0) is 12.0. The average molecular weight is 266 g/mol. The normalized spacial score (nSPS) is 23.0. The zero-order valence-electron chi connectivity index (χ0n) is 8.72. The van der Waals surface area contributed by atoms with E-state index in [2.05, 4.69) is 0 Å². The van der Waals surface area contributed by atoms with Crippen LogP contribution < -0.4 is 4.42 Å². The Hall–Kier alpha value is -1.39. The van der Waals surface area contributed by atoms with Crippen LogP contribution in [0.15, 0.2) is 34.6 Å². The molecular weight excluding hydrogens is 258 g/mol. The van der Waals surface area contributed by atoms with Crippen molar-refractivity contribution in [1.82, 2.24) is 0 Å². The van der Waals surface area contributed by atoms with Gasteiger partial charge in [0.1, 0.15) is 6.04 Å². The van der Waals surface area contributed by atoms with Gasteiger partial charge in [-0.15, -0.1) is 11.3 Å². The lowest BCUT2D eigenvalue weighted by atomic mass is 9.94. The van der Waals surface area contributed by atoms with Gasteiger partial charge in [0.05, 0.1) is 11.3 Å². The summed E-state index contributed by atoms with van der Waals surface area (Å²) in [5, 5.41) is 3.55. The van der Waals surface area contributed by atoms with Gasteiger partial charge in [-0.25, -0.2) is 0 Å². The van der Waals surface area contributed by atoms with Crippen LogP contribution in [-0.4, -0.2) is 17.6 Å². The minimum Gasteiger partial charge on any atom is -0.297 e. The lowest BCUT2D eigenvalue weighted by Crippen LogP contribution is -2.37. The molecule has 5 heteroatoms. The molecule has 0 fully saturated rings. The fraction of sp³-hybridized carbons (Fsp3) is 0.167. The van der Waals surface area contributed by atoms with E-state index >= 15 is 0 Å². The van der Waals surface area contributed by atoms with Gasteiger partial charge < -0.3 is 0 Å². The van der Waals surface area contributed by atoms with Gasteiger partial charge in [-0.2, -0.15) is 0 Å². The second kappa shape index (κ2) is 3.82. The van der Waals surface area contributed by atoms with Crippen molar-refractivity contribution < 1.29 is 9.59 Å². The monoisotopic (exact) mass is 265 g/mol. The number of carbonyl (C=O) groups is 2. The van der Waals surface area contributed by atoms with Crippen molar-refractivity contribution in [3.8, 4) is 0 Å². The van der Waals surface area contributed by atoms with Crippen molar-refractivity contribution >= 4 is 40.4 Å². The van der Waals surface area contributed by atoms with Crippen molar-refractivity contribution in [3.05, 3.63) is 40.1 Å². The molecule has 0 amide bonds. The van der Waals surface area contributed by atoms with Crippen LogP contribution in [-0.2, 0) is 4.79 Å². The summed E-state index contributed by atoms with van der Waals surface area (Å²) < 4.78 is 1.38. The molecule has 3 rings (SSSR count). The summed E-state index contributed by atoms with van der Waals surface area (Å²) in [5.74, 6) is -0.0793. The summed E-state index contributed by atoms with van der Waals surface area (Å²) in [6.45, 7) is 0. The van der Waals surface area contributed by atoms with Gasteiger partial charge in [0.15, 0.2) is 11.6 Å². The molecule has 0 spiro atoms. The molecule has 1 aromatic rings. The molecule has 0 aromatic carbocycles. The number of nitrogens with zero attached hydrogens (tertiary/aromatic N) is 1. The Morgan fingerprint density at radius 3 is 3.00 bits per heavy atom. The lowest BCUT2D eigenvalue weighted by molar-refractivity contribution is -0.118. The molecule has 17 heavy (non-hydrogen) atoms. The minimum absolute atomic E-state index is 0.0144. The predicted octanol–water partition coefficient (Wildman–Crippen LogP) is 2.73. The highest BCUT2D eigenvalue weighted by atomic mass is 35.5. The third-order valence-corrected chi connectivity index (χ3v) is 4.02. The number of fused-ring (bicyclic) bond motifs is 2. The summed E-state index contributed by atoms with van der Waals surface area (Å²) in [6.07, 6.45) is 5.43. The fourth-order valence-electron chi connectivity index (χ4n) is 2.09. The minimum atomic E-state index is -0.540. The van der Waals surface area contributed by atoms with Crippen LogP contribution in [0.4, 0.5) is 5.69 Å². The van der Waals surface area contributed by atoms with Gasteiger partial charge in [-0.1, -0.05) is 12.2 Å². The van der Waals surface area contributed by atoms with Crippen LogP contribution >= 0.6 is 23.1 Å². The van der Waals surface area contributed by atoms with Gasteiger partial charge in [0.25, 0.3) is 0 Å². The molecule has 1 aromatic heterocycles. The van der Waals surface area contributed by atoms with E-state index in [1.54, 1.807) is 22.9 Å². The Labute approximate surface area is 107 Å². The number of hydrogen-bond donors (Lipinski definition) is 0. The molecule has 0 bridgehead atoms. The van der Waals surface area contributed by atoms with E-state index in [-0.39, 0.29) is 11.6 Å². The molecule has 0 radical (unpaired) electrons. The molecule has 1 atom stereocenters. The Morgan fingerprint density at radius 2 is 2.18 bits per heavy atom. The first-order valence-corrected chi connectivity index (χ1v) is 6.43. The Morgan fingerprint density at radius 1 is 1.35 bits per heavy atom. The Balaban J connectivity index is 2.21. The smallest absolute Gasteiger partial charge is 0.189 e. The standard InChI is InChI=1S/C12H8ClNO2S/c13-14-9-6-17-5-8(9)11(16)4-7-2-1-3-10(15)12(7)14/h1-2,4-6,12H,3H2. The largest absolute Gasteiger partial charge is 0.297 e. The topological polar surface area (TPSA) is 37.4 Å². The number of thiophene rings is 1. The van der Waals surface area contributed by atoms with Crippen LogP contribution in [0.2, 0.25) is 0 Å². The summed E-state index contributed by atoms with van der Waals surface area (Å²) >= 11 is 7.63. The summed E-state index contributed by atoms with van der Waals surface area (Å²) in [7, 11) is 0. The van der Waals surface area contributed by atoms with Crippen LogP contribution in [0.25, 0.3) is 0 Å². The highest BCUT2D eigenvalue weighted by Gasteiger charge is 2.34. The molecule has 1 aliphatic heterocycles. The molecular formula is C12H8ClNO2S. The first-order valence-electron chi connectivity index (χ1n) is 5.15. The second-order valence-electron chi connectivity index (χ2n) is 3.97. The van der Waals surface area contributed by atoms with Crippen molar-refractivity contribution in [2.24, 2.45) is 0 Å². The van der Waals surface area contributed by atoms with Crippen LogP contribution in [0.1, 0.15) is 16.8 Å². The van der Waals surface area contributed by atoms with Gasteiger partial charge in [-0.05, 0) is 11.6 Å². The van der Waals surface area contributed by atoms with E-state index in [1.807, 2.05) is 0 Å². The number of anilines is 1. The van der Waals surface area contributed by atoms with E-state index in [0.29, 0.717) is 23.2 Å².